The molecule has 2 aromatic rings. The van der Waals surface area contributed by atoms with Crippen molar-refractivity contribution < 1.29 is 50.1 Å². The van der Waals surface area contributed by atoms with E-state index in [-0.39, 0.29) is 46.8 Å². The number of carbonyl (C=O) groups is 2. The molecule has 0 bridgehead atoms. The van der Waals surface area contributed by atoms with E-state index in [0.29, 0.717) is 13.8 Å². The Hall–Kier alpha value is -3.35. The number of benzene rings is 2. The van der Waals surface area contributed by atoms with E-state index in [0.717, 1.165) is 22.5 Å². The highest BCUT2D eigenvalue weighted by molar-refractivity contribution is 7.92. The largest absolute Gasteiger partial charge is 0.486 e. The summed E-state index contributed by atoms with van der Waals surface area (Å²) in [6.07, 6.45) is -5.96. The second-order valence-electron chi connectivity index (χ2n) is 9.83. The fourth-order valence-electron chi connectivity index (χ4n) is 4.03. The fourth-order valence-corrected chi connectivity index (χ4v) is 5.61. The summed E-state index contributed by atoms with van der Waals surface area (Å²) in [7, 11) is -4.33. The second kappa shape index (κ2) is 11.0. The number of carboxylic acids is 1. The number of alkyl halides is 3. The molecule has 0 fully saturated rings. The molecule has 0 saturated carbocycles. The summed E-state index contributed by atoms with van der Waals surface area (Å²) in [5.41, 5.74) is -2.49. The van der Waals surface area contributed by atoms with Gasteiger partial charge in [-0.05, 0) is 75.1 Å². The van der Waals surface area contributed by atoms with Crippen LogP contribution in [0.2, 0.25) is 0 Å². The molecule has 2 aromatic carbocycles. The van der Waals surface area contributed by atoms with Gasteiger partial charge in [-0.1, -0.05) is 13.0 Å². The van der Waals surface area contributed by atoms with Gasteiger partial charge in [0.15, 0.2) is 0 Å². The summed E-state index contributed by atoms with van der Waals surface area (Å²) < 4.78 is 92.1. The number of carboxylic acid groups (broad SMARTS) is 1. The second-order valence-corrected chi connectivity index (χ2v) is 11.7. The number of esters is 1. The van der Waals surface area contributed by atoms with Crippen LogP contribution in [0.25, 0.3) is 0 Å². The van der Waals surface area contributed by atoms with Gasteiger partial charge in [-0.3, -0.25) is 13.9 Å². The van der Waals surface area contributed by atoms with Crippen LogP contribution in [0.15, 0.2) is 41.3 Å². The molecular formula is C26H29F4NO7S. The maximum absolute atomic E-state index is 13.9. The molecule has 214 valence electrons. The monoisotopic (exact) mass is 575 g/mol. The van der Waals surface area contributed by atoms with Crippen molar-refractivity contribution in [1.29, 1.82) is 0 Å². The van der Waals surface area contributed by atoms with Crippen LogP contribution in [0.4, 0.5) is 23.2 Å². The van der Waals surface area contributed by atoms with Crippen LogP contribution in [0, 0.1) is 18.7 Å². The quantitative estimate of drug-likeness (QED) is 0.330. The standard InChI is InChI=1S/C26H29F4NO7S/c1-5-17(24(33)34)13-18-14-31(39(35,36)19-7-8-20(27)15(2)10-19)21-11-16(6-9-22(21)37-18)12-23(32)38-25(3,4)26(28,29)30/h6-11,17-18H,5,12-14H2,1-4H3,(H,33,34)/t17-,18+/m1/s1. The van der Waals surface area contributed by atoms with Gasteiger partial charge < -0.3 is 14.6 Å². The Morgan fingerprint density at radius 1 is 1.18 bits per heavy atom. The van der Waals surface area contributed by atoms with Crippen molar-refractivity contribution in [3.63, 3.8) is 0 Å². The van der Waals surface area contributed by atoms with E-state index < -0.39 is 58.0 Å². The van der Waals surface area contributed by atoms with Gasteiger partial charge in [0.25, 0.3) is 10.0 Å². The smallest absolute Gasteiger partial charge is 0.427 e. The summed E-state index contributed by atoms with van der Waals surface area (Å²) in [6.45, 7) is 4.22. The van der Waals surface area contributed by atoms with Gasteiger partial charge in [0, 0.05) is 0 Å². The highest BCUT2D eigenvalue weighted by Gasteiger charge is 2.50. The van der Waals surface area contributed by atoms with Crippen molar-refractivity contribution >= 4 is 27.6 Å². The Labute approximate surface area is 223 Å². The predicted octanol–water partition coefficient (Wildman–Crippen LogP) is 5.02. The summed E-state index contributed by atoms with van der Waals surface area (Å²) in [6, 6.07) is 7.28. The average molecular weight is 576 g/mol. The highest BCUT2D eigenvalue weighted by atomic mass is 32.2. The number of carbonyl (C=O) groups excluding carboxylic acids is 1. The van der Waals surface area contributed by atoms with Crippen molar-refractivity contribution in [3.05, 3.63) is 53.3 Å². The lowest BCUT2D eigenvalue weighted by Crippen LogP contribution is -2.45. The number of fused-ring (bicyclic) bond motifs is 1. The molecule has 0 saturated heterocycles. The molecule has 0 aromatic heterocycles. The number of hydrogen-bond donors (Lipinski definition) is 1. The van der Waals surface area contributed by atoms with Gasteiger partial charge in [0.1, 0.15) is 17.7 Å². The molecule has 0 spiro atoms. The minimum Gasteiger partial charge on any atom is -0.486 e. The van der Waals surface area contributed by atoms with E-state index in [1.807, 2.05) is 0 Å². The fraction of sp³-hybridized carbons (Fsp3) is 0.462. The minimum absolute atomic E-state index is 0.000339. The molecule has 0 amide bonds. The Morgan fingerprint density at radius 2 is 1.85 bits per heavy atom. The lowest BCUT2D eigenvalue weighted by atomic mass is 9.98. The molecule has 8 nitrogen and oxygen atoms in total. The van der Waals surface area contributed by atoms with Crippen molar-refractivity contribution in [3.8, 4) is 5.75 Å². The van der Waals surface area contributed by atoms with Crippen molar-refractivity contribution in [2.24, 2.45) is 5.92 Å². The van der Waals surface area contributed by atoms with Gasteiger partial charge in [-0.25, -0.2) is 12.8 Å². The van der Waals surface area contributed by atoms with Gasteiger partial charge in [0.2, 0.25) is 5.60 Å². The zero-order valence-electron chi connectivity index (χ0n) is 21.7. The first-order chi connectivity index (χ1) is 18.0. The number of sulfonamides is 1. The van der Waals surface area contributed by atoms with Crippen molar-refractivity contribution in [2.45, 2.75) is 69.7 Å². The molecule has 1 aliphatic heterocycles. The number of nitrogens with zero attached hydrogens (tertiary/aromatic N) is 1. The summed E-state index contributed by atoms with van der Waals surface area (Å²) in [5.74, 6) is -3.58. The van der Waals surface area contributed by atoms with E-state index >= 15 is 0 Å². The lowest BCUT2D eigenvalue weighted by molar-refractivity contribution is -0.257. The van der Waals surface area contributed by atoms with Gasteiger partial charge in [-0.2, -0.15) is 13.2 Å². The van der Waals surface area contributed by atoms with Gasteiger partial charge in [0.05, 0.1) is 29.5 Å². The highest BCUT2D eigenvalue weighted by Crippen LogP contribution is 2.40. The first-order valence-corrected chi connectivity index (χ1v) is 13.5. The summed E-state index contributed by atoms with van der Waals surface area (Å²) in [5, 5.41) is 9.47. The third-order valence-electron chi connectivity index (χ3n) is 6.46. The number of halogens is 4. The first kappa shape index (κ1) is 30.2. The number of ether oxygens (including phenoxy) is 2. The van der Waals surface area contributed by atoms with Crippen LogP contribution in [-0.4, -0.2) is 49.9 Å². The van der Waals surface area contributed by atoms with Gasteiger partial charge >= 0.3 is 18.1 Å². The maximum Gasteiger partial charge on any atom is 0.427 e. The van der Waals surface area contributed by atoms with Crippen molar-refractivity contribution in [1.82, 2.24) is 0 Å². The Kier molecular flexibility index (Phi) is 8.54. The molecular weight excluding hydrogens is 546 g/mol. The molecule has 0 aliphatic carbocycles. The van der Waals surface area contributed by atoms with Crippen LogP contribution in [0.5, 0.6) is 5.75 Å². The van der Waals surface area contributed by atoms with E-state index in [1.165, 1.54) is 25.1 Å². The Bertz CT molecular complexity index is 1360. The minimum atomic E-state index is -4.80. The summed E-state index contributed by atoms with van der Waals surface area (Å²) in [4.78, 5) is 23.7. The zero-order valence-corrected chi connectivity index (χ0v) is 22.5. The Balaban J connectivity index is 2.00. The molecule has 39 heavy (non-hydrogen) atoms. The van der Waals surface area contributed by atoms with E-state index in [2.05, 4.69) is 4.74 Å². The molecule has 13 heteroatoms. The number of rotatable bonds is 9. The topological polar surface area (TPSA) is 110 Å². The van der Waals surface area contributed by atoms with E-state index in [1.54, 1.807) is 6.92 Å². The first-order valence-electron chi connectivity index (χ1n) is 12.1. The normalized spacial score (nSPS) is 16.7. The number of hydrogen-bond acceptors (Lipinski definition) is 6. The SMILES string of the molecule is CC[C@H](C[C@H]1CN(S(=O)(=O)c2ccc(F)c(C)c2)c2cc(CC(=O)OC(C)(C)C(F)(F)F)ccc2O1)C(=O)O. The van der Waals surface area contributed by atoms with Crippen LogP contribution in [0.3, 0.4) is 0 Å². The van der Waals surface area contributed by atoms with Crippen LogP contribution in [-0.2, 0) is 30.8 Å². The third-order valence-corrected chi connectivity index (χ3v) is 8.24. The molecule has 2 atom stereocenters. The van der Waals surface area contributed by atoms with E-state index in [9.17, 15) is 40.7 Å². The molecule has 0 radical (unpaired) electrons. The Morgan fingerprint density at radius 3 is 2.41 bits per heavy atom. The summed E-state index contributed by atoms with van der Waals surface area (Å²) >= 11 is 0. The molecule has 1 aliphatic rings. The van der Waals surface area contributed by atoms with Crippen LogP contribution in [0.1, 0.15) is 44.7 Å². The van der Waals surface area contributed by atoms with E-state index in [4.69, 9.17) is 4.74 Å². The molecule has 3 rings (SSSR count). The average Bonchev–Trinajstić information content (AvgIpc) is 2.82. The molecule has 1 heterocycles. The number of aliphatic carboxylic acids is 1. The number of anilines is 1. The third kappa shape index (κ3) is 6.63. The van der Waals surface area contributed by atoms with Crippen LogP contribution < -0.4 is 9.04 Å². The zero-order chi connectivity index (χ0) is 29.3. The number of aryl methyl sites for hydroxylation is 1. The predicted molar refractivity (Wildman–Crippen MR) is 132 cm³/mol. The lowest BCUT2D eigenvalue weighted by Gasteiger charge is -2.36. The molecule has 0 unspecified atom stereocenters. The van der Waals surface area contributed by atoms with Crippen LogP contribution >= 0.6 is 0 Å². The maximum atomic E-state index is 13.9. The molecule has 1 N–H and O–H groups in total. The van der Waals surface area contributed by atoms with Crippen molar-refractivity contribution in [2.75, 3.05) is 10.8 Å². The van der Waals surface area contributed by atoms with Gasteiger partial charge in [-0.15, -0.1) is 0 Å².